The predicted octanol–water partition coefficient (Wildman–Crippen LogP) is 4.18. The second-order valence-electron chi connectivity index (χ2n) is 8.66. The Morgan fingerprint density at radius 3 is 2.57 bits per heavy atom. The minimum atomic E-state index is -0.660. The van der Waals surface area contributed by atoms with Crippen LogP contribution in [0.4, 0.5) is 9.18 Å². The molecule has 6 nitrogen and oxygen atoms in total. The Balaban J connectivity index is 1.91. The van der Waals surface area contributed by atoms with Crippen LogP contribution in [0, 0.1) is 19.7 Å². The minimum Gasteiger partial charge on any atom is -0.444 e. The fourth-order valence-corrected chi connectivity index (χ4v) is 4.10. The number of amides is 2. The fourth-order valence-electron chi connectivity index (χ4n) is 4.10. The lowest BCUT2D eigenvalue weighted by Crippen LogP contribution is -2.37. The van der Waals surface area contributed by atoms with Gasteiger partial charge in [0.25, 0.3) is 5.91 Å². The highest BCUT2D eigenvalue weighted by Gasteiger charge is 2.33. The van der Waals surface area contributed by atoms with Gasteiger partial charge < -0.3 is 20.8 Å². The Bertz CT molecular complexity index is 943. The molecule has 4 N–H and O–H groups in total. The summed E-state index contributed by atoms with van der Waals surface area (Å²) in [4.78, 5) is 27.0. The van der Waals surface area contributed by atoms with Crippen LogP contribution in [-0.4, -0.2) is 28.6 Å². The van der Waals surface area contributed by atoms with Crippen molar-refractivity contribution in [2.75, 3.05) is 0 Å². The molecule has 2 aromatic rings. The van der Waals surface area contributed by atoms with E-state index in [0.29, 0.717) is 17.5 Å². The standard InChI is InChI=1S/C21H28FN3O3/c1-10-11(2)24-18-14(19(23)26)9-15(22)17(16(10)18)12-6-7-13(8-12)25-20(27)28-21(3,4)5/h9,12-13,24H,6-8H2,1-5H3,(H2,23,26)(H,25,27). The normalized spacial score (nSPS) is 19.8. The largest absolute Gasteiger partial charge is 0.444 e. The number of aromatic nitrogens is 1. The van der Waals surface area contributed by atoms with Crippen LogP contribution in [0.1, 0.15) is 73.1 Å². The lowest BCUT2D eigenvalue weighted by molar-refractivity contribution is 0.0505. The first-order chi connectivity index (χ1) is 13.0. The Morgan fingerprint density at radius 2 is 1.96 bits per heavy atom. The summed E-state index contributed by atoms with van der Waals surface area (Å²) in [5.74, 6) is -1.14. The van der Waals surface area contributed by atoms with E-state index in [4.69, 9.17) is 10.5 Å². The molecule has 1 aromatic carbocycles. The number of aromatic amines is 1. The zero-order valence-corrected chi connectivity index (χ0v) is 17.0. The molecule has 0 spiro atoms. The van der Waals surface area contributed by atoms with Gasteiger partial charge >= 0.3 is 6.09 Å². The van der Waals surface area contributed by atoms with Gasteiger partial charge in [0.15, 0.2) is 0 Å². The average Bonchev–Trinajstić information content (AvgIpc) is 3.11. The van der Waals surface area contributed by atoms with Gasteiger partial charge in [-0.3, -0.25) is 4.79 Å². The van der Waals surface area contributed by atoms with Crippen molar-refractivity contribution in [3.05, 3.63) is 34.3 Å². The van der Waals surface area contributed by atoms with Crippen molar-refractivity contribution in [2.24, 2.45) is 5.73 Å². The van der Waals surface area contributed by atoms with E-state index in [1.54, 1.807) is 0 Å². The molecule has 1 heterocycles. The highest BCUT2D eigenvalue weighted by Crippen LogP contribution is 2.42. The van der Waals surface area contributed by atoms with Crippen LogP contribution in [0.25, 0.3) is 10.9 Å². The van der Waals surface area contributed by atoms with E-state index in [2.05, 4.69) is 10.3 Å². The molecule has 1 aliphatic carbocycles. The van der Waals surface area contributed by atoms with Crippen molar-refractivity contribution in [2.45, 2.75) is 71.4 Å². The first kappa shape index (κ1) is 20.2. The van der Waals surface area contributed by atoms with E-state index in [-0.39, 0.29) is 17.5 Å². The number of nitrogens with two attached hydrogens (primary N) is 1. The highest BCUT2D eigenvalue weighted by molar-refractivity contribution is 6.07. The fraction of sp³-hybridized carbons (Fsp3) is 0.524. The van der Waals surface area contributed by atoms with E-state index < -0.39 is 23.4 Å². The highest BCUT2D eigenvalue weighted by atomic mass is 19.1. The predicted molar refractivity (Wildman–Crippen MR) is 106 cm³/mol. The van der Waals surface area contributed by atoms with Gasteiger partial charge in [-0.1, -0.05) is 0 Å². The van der Waals surface area contributed by atoms with Crippen molar-refractivity contribution < 1.29 is 18.7 Å². The number of halogens is 1. The summed E-state index contributed by atoms with van der Waals surface area (Å²) in [6, 6.07) is 1.15. The minimum absolute atomic E-state index is 0.0572. The number of carbonyl (C=O) groups excluding carboxylic acids is 2. The van der Waals surface area contributed by atoms with Crippen molar-refractivity contribution in [3.8, 4) is 0 Å². The molecule has 0 aliphatic heterocycles. The van der Waals surface area contributed by atoms with Crippen LogP contribution >= 0.6 is 0 Å². The summed E-state index contributed by atoms with van der Waals surface area (Å²) in [6.45, 7) is 9.24. The van der Waals surface area contributed by atoms with Crippen molar-refractivity contribution in [1.82, 2.24) is 10.3 Å². The smallest absolute Gasteiger partial charge is 0.407 e. The van der Waals surface area contributed by atoms with Crippen molar-refractivity contribution in [3.63, 3.8) is 0 Å². The maximum absolute atomic E-state index is 15.1. The molecular weight excluding hydrogens is 361 g/mol. The Hall–Kier alpha value is -2.57. The average molecular weight is 389 g/mol. The number of primary amides is 1. The van der Waals surface area contributed by atoms with Gasteiger partial charge in [-0.25, -0.2) is 9.18 Å². The molecule has 3 rings (SSSR count). The number of H-pyrrole nitrogens is 1. The summed E-state index contributed by atoms with van der Waals surface area (Å²) in [5, 5.41) is 3.62. The molecule has 0 bridgehead atoms. The summed E-state index contributed by atoms with van der Waals surface area (Å²) in [5.41, 5.74) is 8.02. The van der Waals surface area contributed by atoms with Crippen LogP contribution in [0.5, 0.6) is 0 Å². The van der Waals surface area contributed by atoms with Gasteiger partial charge in [-0.15, -0.1) is 0 Å². The number of aryl methyl sites for hydroxylation is 2. The molecule has 2 amide bonds. The number of benzene rings is 1. The summed E-state index contributed by atoms with van der Waals surface area (Å²) >= 11 is 0. The molecule has 2 unspecified atom stereocenters. The number of nitrogens with one attached hydrogen (secondary N) is 2. The Kier molecular flexibility index (Phi) is 5.12. The van der Waals surface area contributed by atoms with Crippen LogP contribution < -0.4 is 11.1 Å². The monoisotopic (exact) mass is 389 g/mol. The number of fused-ring (bicyclic) bond motifs is 1. The van der Waals surface area contributed by atoms with Crippen molar-refractivity contribution >= 4 is 22.9 Å². The zero-order chi connectivity index (χ0) is 20.8. The van der Waals surface area contributed by atoms with Crippen LogP contribution in [0.15, 0.2) is 6.07 Å². The number of hydrogen-bond acceptors (Lipinski definition) is 3. The van der Waals surface area contributed by atoms with E-state index >= 15 is 4.39 Å². The third kappa shape index (κ3) is 3.84. The first-order valence-electron chi connectivity index (χ1n) is 9.58. The van der Waals surface area contributed by atoms with Crippen molar-refractivity contribution in [1.29, 1.82) is 0 Å². The molecule has 0 saturated heterocycles. The first-order valence-corrected chi connectivity index (χ1v) is 9.58. The number of carbonyl (C=O) groups is 2. The van der Waals surface area contributed by atoms with E-state index in [9.17, 15) is 9.59 Å². The van der Waals surface area contributed by atoms with E-state index in [0.717, 1.165) is 29.5 Å². The summed E-state index contributed by atoms with van der Waals surface area (Å²) in [6.07, 6.45) is 1.64. The summed E-state index contributed by atoms with van der Waals surface area (Å²) in [7, 11) is 0. The van der Waals surface area contributed by atoms with Crippen LogP contribution in [0.2, 0.25) is 0 Å². The molecule has 1 fully saturated rings. The second-order valence-corrected chi connectivity index (χ2v) is 8.66. The van der Waals surface area contributed by atoms with Crippen LogP contribution in [-0.2, 0) is 4.74 Å². The quantitative estimate of drug-likeness (QED) is 0.734. The molecular formula is C21H28FN3O3. The maximum atomic E-state index is 15.1. The molecule has 152 valence electrons. The number of hydrogen-bond donors (Lipinski definition) is 3. The maximum Gasteiger partial charge on any atom is 0.407 e. The third-order valence-electron chi connectivity index (χ3n) is 5.39. The topological polar surface area (TPSA) is 97.2 Å². The molecule has 0 radical (unpaired) electrons. The van der Waals surface area contributed by atoms with Gasteiger partial charge in [0.05, 0.1) is 11.1 Å². The van der Waals surface area contributed by atoms with Gasteiger partial charge in [0.1, 0.15) is 11.4 Å². The van der Waals surface area contributed by atoms with Gasteiger partial charge in [-0.2, -0.15) is 0 Å². The van der Waals surface area contributed by atoms with Gasteiger partial charge in [0, 0.05) is 22.7 Å². The molecule has 1 saturated carbocycles. The van der Waals surface area contributed by atoms with Gasteiger partial charge in [-0.05, 0) is 71.4 Å². The Morgan fingerprint density at radius 1 is 1.29 bits per heavy atom. The van der Waals surface area contributed by atoms with Gasteiger partial charge in [0.2, 0.25) is 0 Å². The number of ether oxygens (including phenoxy) is 1. The molecule has 2 atom stereocenters. The van der Waals surface area contributed by atoms with Crippen LogP contribution in [0.3, 0.4) is 0 Å². The molecule has 1 aromatic heterocycles. The summed E-state index contributed by atoms with van der Waals surface area (Å²) < 4.78 is 20.4. The SMILES string of the molecule is Cc1[nH]c2c(C(N)=O)cc(F)c(C3CCC(NC(=O)OC(C)(C)C)C3)c2c1C. The molecule has 1 aliphatic rings. The Labute approximate surface area is 164 Å². The van der Waals surface area contributed by atoms with E-state index in [1.807, 2.05) is 34.6 Å². The number of alkyl carbamates (subject to hydrolysis) is 1. The number of rotatable bonds is 3. The second kappa shape index (κ2) is 7.11. The lowest BCUT2D eigenvalue weighted by Gasteiger charge is -2.22. The third-order valence-corrected chi connectivity index (χ3v) is 5.39. The zero-order valence-electron chi connectivity index (χ0n) is 17.0. The molecule has 28 heavy (non-hydrogen) atoms. The molecule has 7 heteroatoms. The van der Waals surface area contributed by atoms with E-state index in [1.165, 1.54) is 6.07 Å². The lowest BCUT2D eigenvalue weighted by atomic mass is 9.90.